The second-order valence-electron chi connectivity index (χ2n) is 11.3. The van der Waals surface area contributed by atoms with Gasteiger partial charge in [0.1, 0.15) is 12.4 Å². The molecular weight excluding hydrogens is 526 g/mol. The number of ether oxygens (including phenoxy) is 2. The van der Waals surface area contributed by atoms with Gasteiger partial charge in [0.05, 0.1) is 12.0 Å². The quantitative estimate of drug-likeness (QED) is 0.374. The Morgan fingerprint density at radius 3 is 2.35 bits per heavy atom. The highest BCUT2D eigenvalue weighted by molar-refractivity contribution is 7.89. The van der Waals surface area contributed by atoms with Crippen molar-refractivity contribution in [3.8, 4) is 5.75 Å². The first-order chi connectivity index (χ1) is 19.3. The molecule has 2 atom stereocenters. The SMILES string of the molecule is COc1ccc(S(=O)(=O)N2CCCCC2CCOCC(=O)NC2CCC(C(c3ccccc3)N(C)C)CC2)cc1. The minimum absolute atomic E-state index is 0.00220. The van der Waals surface area contributed by atoms with Crippen molar-refractivity contribution in [3.05, 3.63) is 60.2 Å². The molecule has 2 fully saturated rings. The molecule has 0 aromatic heterocycles. The summed E-state index contributed by atoms with van der Waals surface area (Å²) < 4.78 is 39.1. The number of methoxy groups -OCH3 is 1. The molecule has 1 saturated heterocycles. The molecule has 40 heavy (non-hydrogen) atoms. The summed E-state index contributed by atoms with van der Waals surface area (Å²) in [6.45, 7) is 0.852. The van der Waals surface area contributed by atoms with Crippen LogP contribution >= 0.6 is 0 Å². The van der Waals surface area contributed by atoms with Gasteiger partial charge in [0.25, 0.3) is 0 Å². The lowest BCUT2D eigenvalue weighted by molar-refractivity contribution is -0.126. The Morgan fingerprint density at radius 1 is 1.00 bits per heavy atom. The van der Waals surface area contributed by atoms with E-state index in [0.29, 0.717) is 37.3 Å². The minimum atomic E-state index is -3.60. The third-order valence-electron chi connectivity index (χ3n) is 8.35. The maximum absolute atomic E-state index is 13.3. The summed E-state index contributed by atoms with van der Waals surface area (Å²) in [7, 11) is 2.24. The van der Waals surface area contributed by atoms with Crippen LogP contribution in [0.25, 0.3) is 0 Å². The van der Waals surface area contributed by atoms with Crippen LogP contribution in [0.5, 0.6) is 5.75 Å². The number of nitrogens with one attached hydrogen (secondary N) is 1. The maximum atomic E-state index is 13.3. The zero-order chi connectivity index (χ0) is 28.5. The van der Waals surface area contributed by atoms with Gasteiger partial charge < -0.3 is 19.7 Å². The van der Waals surface area contributed by atoms with Gasteiger partial charge in [-0.2, -0.15) is 4.31 Å². The fraction of sp³-hybridized carbons (Fsp3) is 0.581. The van der Waals surface area contributed by atoms with Crippen molar-refractivity contribution >= 4 is 15.9 Å². The van der Waals surface area contributed by atoms with E-state index in [2.05, 4.69) is 54.6 Å². The molecule has 2 aromatic carbocycles. The molecule has 0 spiro atoms. The number of sulfonamides is 1. The van der Waals surface area contributed by atoms with E-state index >= 15 is 0 Å². The van der Waals surface area contributed by atoms with Gasteiger partial charge in [-0.05, 0) is 94.8 Å². The van der Waals surface area contributed by atoms with Gasteiger partial charge in [0.15, 0.2) is 0 Å². The summed E-state index contributed by atoms with van der Waals surface area (Å²) in [5.74, 6) is 1.09. The average Bonchev–Trinajstić information content (AvgIpc) is 2.97. The summed E-state index contributed by atoms with van der Waals surface area (Å²) in [6, 6.07) is 17.6. The number of carbonyl (C=O) groups is 1. The molecule has 1 saturated carbocycles. The van der Waals surface area contributed by atoms with Crippen LogP contribution in [0.3, 0.4) is 0 Å². The minimum Gasteiger partial charge on any atom is -0.497 e. The van der Waals surface area contributed by atoms with Crippen LogP contribution in [0.1, 0.15) is 63.0 Å². The van der Waals surface area contributed by atoms with Gasteiger partial charge in [0.2, 0.25) is 15.9 Å². The van der Waals surface area contributed by atoms with E-state index in [-0.39, 0.29) is 29.5 Å². The van der Waals surface area contributed by atoms with Crippen molar-refractivity contribution < 1.29 is 22.7 Å². The molecular formula is C31H45N3O5S. The topological polar surface area (TPSA) is 88.2 Å². The number of benzene rings is 2. The summed E-state index contributed by atoms with van der Waals surface area (Å²) >= 11 is 0. The van der Waals surface area contributed by atoms with Gasteiger partial charge in [-0.3, -0.25) is 4.79 Å². The summed E-state index contributed by atoms with van der Waals surface area (Å²) in [5, 5.41) is 3.16. The highest BCUT2D eigenvalue weighted by Crippen LogP contribution is 2.37. The van der Waals surface area contributed by atoms with E-state index in [1.807, 2.05) is 0 Å². The molecule has 1 aliphatic carbocycles. The van der Waals surface area contributed by atoms with Crippen LogP contribution in [0, 0.1) is 5.92 Å². The second kappa shape index (κ2) is 14.4. The van der Waals surface area contributed by atoms with Gasteiger partial charge in [-0.1, -0.05) is 36.8 Å². The van der Waals surface area contributed by atoms with Gasteiger partial charge in [0, 0.05) is 31.3 Å². The summed E-state index contributed by atoms with van der Waals surface area (Å²) in [6.07, 6.45) is 7.28. The average molecular weight is 572 g/mol. The first kappa shape index (κ1) is 30.5. The third-order valence-corrected chi connectivity index (χ3v) is 10.3. The molecule has 2 aliphatic rings. The molecule has 2 unspecified atom stereocenters. The van der Waals surface area contributed by atoms with Crippen LogP contribution in [-0.2, 0) is 19.6 Å². The third kappa shape index (κ3) is 7.84. The van der Waals surface area contributed by atoms with Crippen molar-refractivity contribution in [2.45, 2.75) is 74.4 Å². The number of piperidine rings is 1. The highest BCUT2D eigenvalue weighted by atomic mass is 32.2. The summed E-state index contributed by atoms with van der Waals surface area (Å²) in [4.78, 5) is 15.2. The van der Waals surface area contributed by atoms with Crippen LogP contribution in [0.4, 0.5) is 0 Å². The molecule has 8 nitrogen and oxygen atoms in total. The zero-order valence-electron chi connectivity index (χ0n) is 24.1. The second-order valence-corrected chi connectivity index (χ2v) is 13.2. The van der Waals surface area contributed by atoms with Gasteiger partial charge in [-0.15, -0.1) is 0 Å². The molecule has 4 rings (SSSR count). The first-order valence-corrected chi connectivity index (χ1v) is 16.0. The van der Waals surface area contributed by atoms with Crippen LogP contribution in [0.15, 0.2) is 59.5 Å². The molecule has 220 valence electrons. The van der Waals surface area contributed by atoms with E-state index in [1.54, 1.807) is 35.7 Å². The fourth-order valence-corrected chi connectivity index (χ4v) is 8.06. The molecule has 1 amide bonds. The predicted molar refractivity (Wildman–Crippen MR) is 157 cm³/mol. The van der Waals surface area contributed by atoms with Crippen molar-refractivity contribution in [1.82, 2.24) is 14.5 Å². The van der Waals surface area contributed by atoms with E-state index in [9.17, 15) is 13.2 Å². The standard InChI is InChI=1S/C31H45N3O5S/c1-33(2)31(24-9-5-4-6-10-24)25-12-14-26(15-13-25)32-30(35)23-39-22-20-27-11-7-8-21-34(27)40(36,37)29-18-16-28(38-3)17-19-29/h4-6,9-10,16-19,25-27,31H,7-8,11-15,20-23H2,1-3H3,(H,32,35). The van der Waals surface area contributed by atoms with Crippen LogP contribution < -0.4 is 10.1 Å². The zero-order valence-corrected chi connectivity index (χ0v) is 24.9. The smallest absolute Gasteiger partial charge is 0.246 e. The monoisotopic (exact) mass is 571 g/mol. The number of hydrogen-bond acceptors (Lipinski definition) is 6. The Hall–Kier alpha value is -2.46. The van der Waals surface area contributed by atoms with Crippen LogP contribution in [0.2, 0.25) is 0 Å². The Morgan fingerprint density at radius 2 is 1.70 bits per heavy atom. The van der Waals surface area contributed by atoms with Gasteiger partial charge >= 0.3 is 0 Å². The Bertz CT molecular complexity index is 1170. The lowest BCUT2D eigenvalue weighted by Gasteiger charge is -2.37. The van der Waals surface area contributed by atoms with Crippen molar-refractivity contribution in [2.75, 3.05) is 41.0 Å². The molecule has 0 bridgehead atoms. The molecule has 1 N–H and O–H groups in total. The molecule has 2 aromatic rings. The first-order valence-electron chi connectivity index (χ1n) is 14.5. The number of hydrogen-bond donors (Lipinski definition) is 1. The van der Waals surface area contributed by atoms with Crippen LogP contribution in [-0.4, -0.2) is 76.6 Å². The van der Waals surface area contributed by atoms with E-state index in [4.69, 9.17) is 9.47 Å². The normalized spacial score (nSPS) is 23.1. The lowest BCUT2D eigenvalue weighted by atomic mass is 9.78. The largest absolute Gasteiger partial charge is 0.497 e. The predicted octanol–water partition coefficient (Wildman–Crippen LogP) is 4.62. The number of amides is 1. The van der Waals surface area contributed by atoms with Gasteiger partial charge in [-0.25, -0.2) is 8.42 Å². The molecule has 1 heterocycles. The highest BCUT2D eigenvalue weighted by Gasteiger charge is 2.34. The summed E-state index contributed by atoms with van der Waals surface area (Å²) in [5.41, 5.74) is 1.35. The van der Waals surface area contributed by atoms with Crippen molar-refractivity contribution in [2.24, 2.45) is 5.92 Å². The van der Waals surface area contributed by atoms with Crippen molar-refractivity contribution in [3.63, 3.8) is 0 Å². The molecule has 9 heteroatoms. The van der Waals surface area contributed by atoms with E-state index < -0.39 is 10.0 Å². The van der Waals surface area contributed by atoms with Crippen molar-refractivity contribution in [1.29, 1.82) is 0 Å². The lowest BCUT2D eigenvalue weighted by Crippen LogP contribution is -2.44. The van der Waals surface area contributed by atoms with E-state index in [0.717, 1.165) is 44.9 Å². The molecule has 0 radical (unpaired) electrons. The fourth-order valence-electron chi connectivity index (χ4n) is 6.34. The Kier molecular flexibility index (Phi) is 11.0. The number of rotatable bonds is 12. The molecule has 1 aliphatic heterocycles. The Balaban J connectivity index is 1.20. The van der Waals surface area contributed by atoms with E-state index in [1.165, 1.54) is 5.56 Å². The number of nitrogens with zero attached hydrogens (tertiary/aromatic N) is 2. The Labute approximate surface area is 240 Å². The number of carbonyl (C=O) groups excluding carboxylic acids is 1. The maximum Gasteiger partial charge on any atom is 0.246 e.